The molecule has 1 saturated carbocycles. The molecule has 0 atom stereocenters. The predicted molar refractivity (Wildman–Crippen MR) is 172 cm³/mol. The van der Waals surface area contributed by atoms with Crippen molar-refractivity contribution in [3.8, 4) is 16.9 Å². The number of nitrogens with two attached hydrogens (primary N) is 1. The first-order chi connectivity index (χ1) is 21.2. The molecule has 1 aliphatic carbocycles. The van der Waals surface area contributed by atoms with Gasteiger partial charge >= 0.3 is 5.97 Å². The van der Waals surface area contributed by atoms with Crippen molar-refractivity contribution in [2.24, 2.45) is 5.73 Å². The highest BCUT2D eigenvalue weighted by atomic mass is 16.5. The van der Waals surface area contributed by atoms with Crippen LogP contribution in [0.3, 0.4) is 0 Å². The molecule has 4 aromatic carbocycles. The summed E-state index contributed by atoms with van der Waals surface area (Å²) in [4.78, 5) is 27.6. The zero-order valence-corrected chi connectivity index (χ0v) is 24.7. The zero-order valence-electron chi connectivity index (χ0n) is 24.7. The lowest BCUT2D eigenvalue weighted by Gasteiger charge is -2.19. The number of amidine groups is 1. The van der Waals surface area contributed by atoms with Gasteiger partial charge in [-0.1, -0.05) is 36.4 Å². The molecule has 1 fully saturated rings. The number of carbonyl (C=O) groups excluding carboxylic acids is 1. The first-order valence-corrected chi connectivity index (χ1v) is 14.6. The first-order valence-electron chi connectivity index (χ1n) is 14.6. The van der Waals surface area contributed by atoms with E-state index in [1.807, 2.05) is 61.6 Å². The Labute approximate surface area is 255 Å². The van der Waals surface area contributed by atoms with Crippen molar-refractivity contribution >= 4 is 28.6 Å². The first kappa shape index (κ1) is 28.7. The molecule has 0 bridgehead atoms. The number of rotatable bonds is 10. The van der Waals surface area contributed by atoms with Gasteiger partial charge in [0.2, 0.25) is 0 Å². The van der Waals surface area contributed by atoms with Gasteiger partial charge in [-0.15, -0.1) is 0 Å². The molecule has 1 aromatic heterocycles. The molecule has 8 nitrogen and oxygen atoms in total. The second-order valence-corrected chi connectivity index (χ2v) is 11.3. The van der Waals surface area contributed by atoms with Gasteiger partial charge < -0.3 is 25.0 Å². The number of ether oxygens (including phenoxy) is 1. The molecular weight excluding hydrogens is 552 g/mol. The summed E-state index contributed by atoms with van der Waals surface area (Å²) in [5, 5.41) is 19.2. The maximum absolute atomic E-state index is 13.4. The van der Waals surface area contributed by atoms with Crippen molar-refractivity contribution in [2.75, 3.05) is 14.2 Å². The Morgan fingerprint density at radius 2 is 1.70 bits per heavy atom. The number of nitrogens with zero attached hydrogens (tertiary/aromatic N) is 2. The lowest BCUT2D eigenvalue weighted by Crippen LogP contribution is -2.28. The molecule has 0 saturated heterocycles. The molecule has 0 radical (unpaired) electrons. The highest BCUT2D eigenvalue weighted by molar-refractivity contribution is 6.01. The molecule has 222 valence electrons. The number of methoxy groups -OCH3 is 1. The van der Waals surface area contributed by atoms with E-state index in [0.717, 1.165) is 40.4 Å². The molecule has 5 aromatic rings. The number of nitrogens with one attached hydrogen (secondary N) is 1. The number of hydrogen-bond donors (Lipinski definition) is 3. The van der Waals surface area contributed by atoms with Crippen LogP contribution in [-0.2, 0) is 13.0 Å². The number of aromatic nitrogens is 1. The second-order valence-electron chi connectivity index (χ2n) is 11.3. The molecule has 1 heterocycles. The summed E-state index contributed by atoms with van der Waals surface area (Å²) in [5.74, 6) is -0.717. The quantitative estimate of drug-likeness (QED) is 0.133. The number of fused-ring (bicyclic) bond motifs is 1. The van der Waals surface area contributed by atoms with E-state index in [9.17, 15) is 14.7 Å². The number of amides is 1. The van der Waals surface area contributed by atoms with E-state index in [4.69, 9.17) is 15.9 Å². The van der Waals surface area contributed by atoms with E-state index >= 15 is 0 Å². The average molecular weight is 587 g/mol. The van der Waals surface area contributed by atoms with Crippen LogP contribution in [0.15, 0.2) is 91.1 Å². The van der Waals surface area contributed by atoms with Gasteiger partial charge in [-0.2, -0.15) is 0 Å². The second kappa shape index (κ2) is 11.7. The normalized spacial score (nSPS) is 12.7. The van der Waals surface area contributed by atoms with Gasteiger partial charge in [0.1, 0.15) is 11.6 Å². The van der Waals surface area contributed by atoms with E-state index in [-0.39, 0.29) is 23.3 Å². The minimum absolute atomic E-state index is 0.00437. The topological polar surface area (TPSA) is 122 Å². The summed E-state index contributed by atoms with van der Waals surface area (Å²) in [6, 6.07) is 26.8. The maximum atomic E-state index is 13.4. The van der Waals surface area contributed by atoms with Crippen molar-refractivity contribution in [1.29, 1.82) is 5.41 Å². The summed E-state index contributed by atoms with van der Waals surface area (Å²) < 4.78 is 7.46. The van der Waals surface area contributed by atoms with Crippen LogP contribution in [0.25, 0.3) is 22.0 Å². The molecule has 1 aliphatic rings. The van der Waals surface area contributed by atoms with Crippen molar-refractivity contribution in [2.45, 2.75) is 31.8 Å². The van der Waals surface area contributed by atoms with Crippen molar-refractivity contribution in [1.82, 2.24) is 9.47 Å². The van der Waals surface area contributed by atoms with Crippen LogP contribution in [-0.4, -0.2) is 52.5 Å². The van der Waals surface area contributed by atoms with Crippen molar-refractivity contribution in [3.05, 3.63) is 125 Å². The van der Waals surface area contributed by atoms with Crippen LogP contribution >= 0.6 is 0 Å². The van der Waals surface area contributed by atoms with Crippen LogP contribution < -0.4 is 10.5 Å². The Bertz CT molecular complexity index is 1910. The molecule has 8 heteroatoms. The number of benzene rings is 4. The van der Waals surface area contributed by atoms with Crippen LogP contribution in [0, 0.1) is 5.41 Å². The van der Waals surface area contributed by atoms with Gasteiger partial charge in [-0.05, 0) is 95.6 Å². The fourth-order valence-electron chi connectivity index (χ4n) is 5.80. The standard InChI is InChI=1S/C36H34N4O4/c1-39(27-11-12-27)35(41)24-8-9-25(30(18-24)29-14-13-28(44-2)19-32(29)36(42)43)20-40-21-26(16-22-6-4-3-5-7-22)31-17-23(34(37)38)10-15-33(31)40/h3-10,13-15,17-19,21,27H,11-12,16,20H2,1-2H3,(H3,37,38)(H,42,43). The van der Waals surface area contributed by atoms with Gasteiger partial charge in [0.15, 0.2) is 0 Å². The third-order valence-corrected chi connectivity index (χ3v) is 8.37. The summed E-state index contributed by atoms with van der Waals surface area (Å²) >= 11 is 0. The van der Waals surface area contributed by atoms with E-state index in [1.54, 1.807) is 17.0 Å². The monoisotopic (exact) mass is 586 g/mol. The molecular formula is C36H34N4O4. The Morgan fingerprint density at radius 3 is 2.39 bits per heavy atom. The molecule has 0 spiro atoms. The number of hydrogen-bond acceptors (Lipinski definition) is 4. The number of aromatic carboxylic acids is 1. The Hall–Kier alpha value is -5.37. The summed E-state index contributed by atoms with van der Waals surface area (Å²) in [5.41, 5.74) is 12.4. The third kappa shape index (κ3) is 5.66. The SMILES string of the molecule is COc1ccc(-c2cc(C(=O)N(C)C3CC3)ccc2Cn2cc(Cc3ccccc3)c3cc(C(=N)N)ccc32)c(C(=O)O)c1. The molecule has 6 rings (SSSR count). The van der Waals surface area contributed by atoms with Crippen LogP contribution in [0.4, 0.5) is 0 Å². The van der Waals surface area contributed by atoms with E-state index in [1.165, 1.54) is 13.2 Å². The summed E-state index contributed by atoms with van der Waals surface area (Å²) in [6.45, 7) is 0.429. The van der Waals surface area contributed by atoms with E-state index in [2.05, 4.69) is 22.9 Å². The van der Waals surface area contributed by atoms with Crippen LogP contribution in [0.2, 0.25) is 0 Å². The van der Waals surface area contributed by atoms with E-state index in [0.29, 0.717) is 41.0 Å². The molecule has 1 amide bonds. The molecule has 0 unspecified atom stereocenters. The van der Waals surface area contributed by atoms with Crippen molar-refractivity contribution in [3.63, 3.8) is 0 Å². The van der Waals surface area contributed by atoms with Crippen molar-refractivity contribution < 1.29 is 19.4 Å². The van der Waals surface area contributed by atoms with Gasteiger partial charge in [0.25, 0.3) is 5.91 Å². The smallest absolute Gasteiger partial charge is 0.336 e. The summed E-state index contributed by atoms with van der Waals surface area (Å²) in [7, 11) is 3.32. The zero-order chi connectivity index (χ0) is 31.0. The van der Waals surface area contributed by atoms with Gasteiger partial charge in [0, 0.05) is 47.9 Å². The van der Waals surface area contributed by atoms with Gasteiger partial charge in [-0.25, -0.2) is 4.79 Å². The summed E-state index contributed by atoms with van der Waals surface area (Å²) in [6.07, 6.45) is 4.79. The van der Waals surface area contributed by atoms with Gasteiger partial charge in [-0.3, -0.25) is 10.2 Å². The highest BCUT2D eigenvalue weighted by Crippen LogP contribution is 2.34. The fourth-order valence-corrected chi connectivity index (χ4v) is 5.80. The van der Waals surface area contributed by atoms with Gasteiger partial charge in [0.05, 0.1) is 12.7 Å². The largest absolute Gasteiger partial charge is 0.497 e. The lowest BCUT2D eigenvalue weighted by atomic mass is 9.93. The van der Waals surface area contributed by atoms with Crippen LogP contribution in [0.1, 0.15) is 55.8 Å². The highest BCUT2D eigenvalue weighted by Gasteiger charge is 2.30. The fraction of sp³-hybridized carbons (Fsp3) is 0.194. The molecule has 44 heavy (non-hydrogen) atoms. The maximum Gasteiger partial charge on any atom is 0.336 e. The third-order valence-electron chi connectivity index (χ3n) is 8.37. The minimum Gasteiger partial charge on any atom is -0.497 e. The Kier molecular flexibility index (Phi) is 7.66. The molecule has 0 aliphatic heterocycles. The van der Waals surface area contributed by atoms with E-state index < -0.39 is 5.97 Å². The molecule has 4 N–H and O–H groups in total. The number of carboxylic acid groups (broad SMARTS) is 1. The lowest BCUT2D eigenvalue weighted by molar-refractivity contribution is 0.0696. The number of carbonyl (C=O) groups is 2. The minimum atomic E-state index is -1.08. The predicted octanol–water partition coefficient (Wildman–Crippen LogP) is 6.17. The Balaban J connectivity index is 1.49. The number of carboxylic acids is 1. The number of nitrogen functional groups attached to an aromatic ring is 1. The van der Waals surface area contributed by atoms with Crippen LogP contribution in [0.5, 0.6) is 5.75 Å². The average Bonchev–Trinajstić information content (AvgIpc) is 3.84. The Morgan fingerprint density at radius 1 is 0.955 bits per heavy atom.